The Morgan fingerprint density at radius 3 is 2.48 bits per heavy atom. The van der Waals surface area contributed by atoms with Crippen molar-refractivity contribution in [1.29, 1.82) is 0 Å². The quantitative estimate of drug-likeness (QED) is 0.660. The lowest BCUT2D eigenvalue weighted by Crippen LogP contribution is -2.28. The minimum Gasteiger partial charge on any atom is -0.275 e. The van der Waals surface area contributed by atoms with E-state index in [-0.39, 0.29) is 5.91 Å². The predicted octanol–water partition coefficient (Wildman–Crippen LogP) is 5.89. The van der Waals surface area contributed by atoms with Gasteiger partial charge in [-0.25, -0.2) is 4.99 Å². The van der Waals surface area contributed by atoms with Gasteiger partial charge in [0.15, 0.2) is 0 Å². The van der Waals surface area contributed by atoms with Crippen molar-refractivity contribution < 1.29 is 4.79 Å². The molecule has 2 aromatic rings. The van der Waals surface area contributed by atoms with Crippen molar-refractivity contribution in [2.24, 2.45) is 4.99 Å². The average molecular weight is 356 g/mol. The number of hydrogen-bond acceptors (Lipinski definition) is 2. The maximum absolute atomic E-state index is 13.1. The number of amides is 1. The van der Waals surface area contributed by atoms with Crippen LogP contribution in [0.1, 0.15) is 31.4 Å². The summed E-state index contributed by atoms with van der Waals surface area (Å²) in [6.07, 6.45) is 10.9. The molecule has 2 aliphatic rings. The van der Waals surface area contributed by atoms with Crippen LogP contribution in [0.15, 0.2) is 89.6 Å². The van der Waals surface area contributed by atoms with E-state index in [1.807, 2.05) is 87.5 Å². The maximum atomic E-state index is 13.1. The molecule has 1 amide bonds. The Labute approximate surface area is 161 Å². The van der Waals surface area contributed by atoms with Gasteiger partial charge in [0.2, 0.25) is 0 Å². The highest BCUT2D eigenvalue weighted by Gasteiger charge is 2.35. The first kappa shape index (κ1) is 18.6. The zero-order chi connectivity index (χ0) is 19.2. The van der Waals surface area contributed by atoms with E-state index in [1.54, 1.807) is 4.90 Å². The normalized spacial score (nSPS) is 16.6. The Morgan fingerprint density at radius 2 is 1.70 bits per heavy atom. The Balaban J connectivity index is 0.00000102. The van der Waals surface area contributed by atoms with E-state index in [0.717, 1.165) is 29.1 Å². The van der Waals surface area contributed by atoms with Crippen LogP contribution in [-0.4, -0.2) is 11.6 Å². The van der Waals surface area contributed by atoms with Crippen molar-refractivity contribution >= 4 is 23.0 Å². The summed E-state index contributed by atoms with van der Waals surface area (Å²) >= 11 is 0. The van der Waals surface area contributed by atoms with Gasteiger partial charge in [-0.3, -0.25) is 9.69 Å². The zero-order valence-electron chi connectivity index (χ0n) is 16.0. The van der Waals surface area contributed by atoms with Crippen molar-refractivity contribution in [2.75, 3.05) is 4.90 Å². The highest BCUT2D eigenvalue weighted by Crippen LogP contribution is 2.34. The van der Waals surface area contributed by atoms with E-state index >= 15 is 0 Å². The summed E-state index contributed by atoms with van der Waals surface area (Å²) in [7, 11) is 0. The molecule has 136 valence electrons. The molecule has 0 radical (unpaired) electrons. The summed E-state index contributed by atoms with van der Waals surface area (Å²) in [6.45, 7) is 6.03. The van der Waals surface area contributed by atoms with Gasteiger partial charge in [-0.1, -0.05) is 68.0 Å². The van der Waals surface area contributed by atoms with Gasteiger partial charge in [-0.2, -0.15) is 0 Å². The number of allylic oxidation sites excluding steroid dienone is 5. The number of rotatable bonds is 2. The molecule has 3 heteroatoms. The molecule has 0 fully saturated rings. The third kappa shape index (κ3) is 3.82. The van der Waals surface area contributed by atoms with Crippen LogP contribution in [0.25, 0.3) is 0 Å². The second-order valence-corrected chi connectivity index (χ2v) is 6.11. The minimum absolute atomic E-state index is 0.0898. The fourth-order valence-corrected chi connectivity index (χ4v) is 3.03. The Kier molecular flexibility index (Phi) is 5.82. The van der Waals surface area contributed by atoms with E-state index in [4.69, 9.17) is 0 Å². The second-order valence-electron chi connectivity index (χ2n) is 6.11. The van der Waals surface area contributed by atoms with E-state index in [0.29, 0.717) is 5.71 Å². The van der Waals surface area contributed by atoms with Gasteiger partial charge in [-0.15, -0.1) is 0 Å². The monoisotopic (exact) mass is 356 g/mol. The number of aliphatic imine (C=N–C) groups is 1. The van der Waals surface area contributed by atoms with Crippen LogP contribution in [0.3, 0.4) is 0 Å². The molecule has 1 aliphatic heterocycles. The summed E-state index contributed by atoms with van der Waals surface area (Å²) in [5, 5.41) is 0. The average Bonchev–Trinajstić information content (AvgIpc) is 2.87. The number of para-hydroxylation sites is 1. The number of aryl methyl sites for hydroxylation is 1. The van der Waals surface area contributed by atoms with Crippen LogP contribution in [0.5, 0.6) is 0 Å². The smallest absolute Gasteiger partial charge is 0.275 e. The molecular formula is C24H24N2O. The molecule has 0 saturated carbocycles. The van der Waals surface area contributed by atoms with Gasteiger partial charge in [-0.05, 0) is 43.7 Å². The molecule has 4 rings (SSSR count). The molecular weight excluding hydrogens is 332 g/mol. The first-order valence-corrected chi connectivity index (χ1v) is 9.36. The molecule has 2 aromatic carbocycles. The molecule has 0 N–H and O–H groups in total. The van der Waals surface area contributed by atoms with Crippen LogP contribution in [0.2, 0.25) is 0 Å². The first-order chi connectivity index (χ1) is 13.2. The highest BCUT2D eigenvalue weighted by molar-refractivity contribution is 6.55. The molecule has 0 unspecified atom stereocenters. The number of anilines is 1. The lowest BCUT2D eigenvalue weighted by molar-refractivity contribution is -0.111. The third-order valence-electron chi connectivity index (χ3n) is 4.30. The summed E-state index contributed by atoms with van der Waals surface area (Å²) in [5.41, 5.74) is 5.06. The van der Waals surface area contributed by atoms with Crippen LogP contribution in [0.4, 0.5) is 11.4 Å². The van der Waals surface area contributed by atoms with Gasteiger partial charge in [0.05, 0.1) is 11.4 Å². The lowest BCUT2D eigenvalue weighted by atomic mass is 10.1. The SMILES string of the molecule is CC.Cc1ccc(N=C2C(=O)N(C3=CC=CCC=C3)c3ccccc32)cc1. The van der Waals surface area contributed by atoms with Crippen molar-refractivity contribution in [1.82, 2.24) is 0 Å². The molecule has 0 spiro atoms. The summed E-state index contributed by atoms with van der Waals surface area (Å²) in [4.78, 5) is 19.5. The summed E-state index contributed by atoms with van der Waals surface area (Å²) in [6, 6.07) is 15.7. The van der Waals surface area contributed by atoms with Gasteiger partial charge in [0.25, 0.3) is 5.91 Å². The number of hydrogen-bond donors (Lipinski definition) is 0. The molecule has 0 saturated heterocycles. The molecule has 3 nitrogen and oxygen atoms in total. The van der Waals surface area contributed by atoms with Crippen LogP contribution in [0, 0.1) is 6.92 Å². The van der Waals surface area contributed by atoms with E-state index in [9.17, 15) is 4.79 Å². The lowest BCUT2D eigenvalue weighted by Gasteiger charge is -2.17. The zero-order valence-corrected chi connectivity index (χ0v) is 16.0. The van der Waals surface area contributed by atoms with Gasteiger partial charge in [0, 0.05) is 11.3 Å². The second kappa shape index (κ2) is 8.45. The minimum atomic E-state index is -0.0898. The van der Waals surface area contributed by atoms with E-state index < -0.39 is 0 Å². The molecule has 27 heavy (non-hydrogen) atoms. The third-order valence-corrected chi connectivity index (χ3v) is 4.30. The number of fused-ring (bicyclic) bond motifs is 1. The molecule has 0 bridgehead atoms. The van der Waals surface area contributed by atoms with Crippen molar-refractivity contribution in [3.8, 4) is 0 Å². The van der Waals surface area contributed by atoms with Gasteiger partial charge < -0.3 is 0 Å². The summed E-state index contributed by atoms with van der Waals surface area (Å²) in [5.74, 6) is -0.0898. The van der Waals surface area contributed by atoms with Crippen molar-refractivity contribution in [3.63, 3.8) is 0 Å². The Morgan fingerprint density at radius 1 is 0.963 bits per heavy atom. The highest BCUT2D eigenvalue weighted by atomic mass is 16.2. The maximum Gasteiger partial charge on any atom is 0.282 e. The summed E-state index contributed by atoms with van der Waals surface area (Å²) < 4.78 is 0. The molecule has 0 atom stereocenters. The number of carbonyl (C=O) groups excluding carboxylic acids is 1. The van der Waals surface area contributed by atoms with Gasteiger partial charge >= 0.3 is 0 Å². The fraction of sp³-hybridized carbons (Fsp3) is 0.167. The number of carbonyl (C=O) groups is 1. The largest absolute Gasteiger partial charge is 0.282 e. The molecule has 0 aromatic heterocycles. The topological polar surface area (TPSA) is 32.7 Å². The predicted molar refractivity (Wildman–Crippen MR) is 114 cm³/mol. The van der Waals surface area contributed by atoms with E-state index in [2.05, 4.69) is 17.1 Å². The van der Waals surface area contributed by atoms with Crippen LogP contribution in [-0.2, 0) is 4.79 Å². The van der Waals surface area contributed by atoms with Crippen LogP contribution >= 0.6 is 0 Å². The number of benzene rings is 2. The molecule has 1 aliphatic carbocycles. The number of nitrogens with zero attached hydrogens (tertiary/aromatic N) is 2. The van der Waals surface area contributed by atoms with Crippen molar-refractivity contribution in [3.05, 3.63) is 95.7 Å². The Bertz CT molecular complexity index is 947. The van der Waals surface area contributed by atoms with E-state index in [1.165, 1.54) is 5.56 Å². The first-order valence-electron chi connectivity index (χ1n) is 9.36. The fourth-order valence-electron chi connectivity index (χ4n) is 3.03. The standard InChI is InChI=1S/C22H18N2O.C2H6/c1-16-12-14-17(15-13-16)23-21-19-10-6-7-11-20(19)24(22(21)25)18-8-4-2-3-5-9-18;1-2/h2,4-15H,3H2,1H3;1-2H3. The van der Waals surface area contributed by atoms with Gasteiger partial charge in [0.1, 0.15) is 5.71 Å². The molecule has 1 heterocycles. The van der Waals surface area contributed by atoms with Crippen molar-refractivity contribution in [2.45, 2.75) is 27.2 Å². The Hall–Kier alpha value is -3.20. The van der Waals surface area contributed by atoms with Crippen LogP contribution < -0.4 is 4.90 Å².